The van der Waals surface area contributed by atoms with Crippen LogP contribution in [-0.4, -0.2) is 24.0 Å². The molecule has 114 valence electrons. The first-order chi connectivity index (χ1) is 10.2. The summed E-state index contributed by atoms with van der Waals surface area (Å²) in [6, 6.07) is 6.55. The summed E-state index contributed by atoms with van der Waals surface area (Å²) in [5, 5.41) is 1.25. The summed E-state index contributed by atoms with van der Waals surface area (Å²) < 4.78 is 0. The van der Waals surface area contributed by atoms with E-state index in [4.69, 9.17) is 23.2 Å². The Bertz CT molecular complexity index is 508. The van der Waals surface area contributed by atoms with Crippen molar-refractivity contribution >= 4 is 29.3 Å². The molecule has 3 rings (SSSR count). The predicted octanol–water partition coefficient (Wildman–Crippen LogP) is 5.66. The highest BCUT2D eigenvalue weighted by molar-refractivity contribution is 6.42. The van der Waals surface area contributed by atoms with Gasteiger partial charge in [0.05, 0.1) is 10.0 Å². The molecule has 3 heteroatoms. The van der Waals surface area contributed by atoms with Gasteiger partial charge in [0.2, 0.25) is 0 Å². The molecule has 21 heavy (non-hydrogen) atoms. The van der Waals surface area contributed by atoms with Gasteiger partial charge in [-0.2, -0.15) is 0 Å². The second kappa shape index (κ2) is 7.17. The average molecular weight is 324 g/mol. The maximum Gasteiger partial charge on any atom is 0.0598 e. The van der Waals surface area contributed by atoms with E-state index in [0.29, 0.717) is 10.0 Å². The molecule has 0 spiro atoms. The molecule has 1 unspecified atom stereocenters. The summed E-state index contributed by atoms with van der Waals surface area (Å²) in [6.07, 6.45) is 12.6. The zero-order chi connectivity index (χ0) is 14.7. The number of benzene rings is 1. The molecule has 1 aliphatic carbocycles. The molecule has 1 aliphatic heterocycles. The molecule has 0 amide bonds. The molecule has 1 aromatic rings. The normalized spacial score (nSPS) is 23.8. The fourth-order valence-electron chi connectivity index (χ4n) is 3.18. The Balaban J connectivity index is 1.56. The third-order valence-corrected chi connectivity index (χ3v) is 5.34. The molecule has 0 radical (unpaired) electrons. The van der Waals surface area contributed by atoms with Crippen molar-refractivity contribution in [1.82, 2.24) is 4.90 Å². The first-order valence-electron chi connectivity index (χ1n) is 8.08. The van der Waals surface area contributed by atoms with Crippen LogP contribution >= 0.6 is 23.2 Å². The fraction of sp³-hybridized carbons (Fsp3) is 0.556. The molecule has 0 N–H and O–H groups in total. The van der Waals surface area contributed by atoms with Crippen molar-refractivity contribution in [1.29, 1.82) is 0 Å². The number of halogens is 2. The Kier molecular flexibility index (Phi) is 5.26. The largest absolute Gasteiger partial charge is 0.300 e. The number of rotatable bonds is 5. The Morgan fingerprint density at radius 3 is 2.71 bits per heavy atom. The first-order valence-corrected chi connectivity index (χ1v) is 8.83. The predicted molar refractivity (Wildman–Crippen MR) is 92.0 cm³/mol. The van der Waals surface area contributed by atoms with Crippen LogP contribution in [0.1, 0.15) is 44.1 Å². The van der Waals surface area contributed by atoms with Gasteiger partial charge in [0, 0.05) is 12.6 Å². The molecule has 1 heterocycles. The summed E-state index contributed by atoms with van der Waals surface area (Å²) in [4.78, 5) is 2.72. The van der Waals surface area contributed by atoms with Crippen molar-refractivity contribution in [3.63, 3.8) is 0 Å². The molecule has 1 saturated carbocycles. The summed E-state index contributed by atoms with van der Waals surface area (Å²) in [5.41, 5.74) is 1.13. The van der Waals surface area contributed by atoms with Crippen molar-refractivity contribution < 1.29 is 0 Å². The first kappa shape index (κ1) is 15.4. The van der Waals surface area contributed by atoms with Gasteiger partial charge in [-0.3, -0.25) is 4.90 Å². The Hall–Kier alpha value is -0.500. The third-order valence-electron chi connectivity index (χ3n) is 4.60. The second-order valence-electron chi connectivity index (χ2n) is 6.40. The van der Waals surface area contributed by atoms with Crippen LogP contribution in [0.5, 0.6) is 0 Å². The minimum Gasteiger partial charge on any atom is -0.300 e. The van der Waals surface area contributed by atoms with Crippen LogP contribution in [0.25, 0.3) is 6.08 Å². The molecule has 1 saturated heterocycles. The van der Waals surface area contributed by atoms with Crippen LogP contribution in [0.15, 0.2) is 24.3 Å². The minimum absolute atomic E-state index is 0.622. The number of likely N-dealkylation sites (tertiary alicyclic amines) is 1. The van der Waals surface area contributed by atoms with Gasteiger partial charge in [0.1, 0.15) is 0 Å². The van der Waals surface area contributed by atoms with Crippen molar-refractivity contribution in [2.24, 2.45) is 5.92 Å². The van der Waals surface area contributed by atoms with E-state index in [1.165, 1.54) is 45.2 Å². The smallest absolute Gasteiger partial charge is 0.0598 e. The van der Waals surface area contributed by atoms with E-state index in [1.54, 1.807) is 0 Å². The van der Waals surface area contributed by atoms with Gasteiger partial charge in [0.25, 0.3) is 0 Å². The molecule has 0 aromatic heterocycles. The topological polar surface area (TPSA) is 3.24 Å². The lowest BCUT2D eigenvalue weighted by atomic mass is 9.98. The van der Waals surface area contributed by atoms with Gasteiger partial charge in [0.15, 0.2) is 0 Å². The van der Waals surface area contributed by atoms with Crippen LogP contribution in [0.4, 0.5) is 0 Å². The van der Waals surface area contributed by atoms with Crippen molar-refractivity contribution in [2.75, 3.05) is 13.1 Å². The summed E-state index contributed by atoms with van der Waals surface area (Å²) in [6.45, 7) is 2.62. The van der Waals surface area contributed by atoms with Gasteiger partial charge >= 0.3 is 0 Å². The molecule has 0 bridgehead atoms. The zero-order valence-corrected chi connectivity index (χ0v) is 13.9. The van der Waals surface area contributed by atoms with Crippen LogP contribution in [-0.2, 0) is 0 Å². The monoisotopic (exact) mass is 323 g/mol. The summed E-state index contributed by atoms with van der Waals surface area (Å²) >= 11 is 12.0. The van der Waals surface area contributed by atoms with Gasteiger partial charge < -0.3 is 0 Å². The number of hydrogen-bond donors (Lipinski definition) is 0. The van der Waals surface area contributed by atoms with E-state index in [2.05, 4.69) is 17.1 Å². The molecule has 1 aromatic carbocycles. The molecule has 1 atom stereocenters. The van der Waals surface area contributed by atoms with Crippen LogP contribution in [0.3, 0.4) is 0 Å². The van der Waals surface area contributed by atoms with Gasteiger partial charge in [-0.1, -0.05) is 47.8 Å². The lowest BCUT2D eigenvalue weighted by Gasteiger charge is -2.35. The zero-order valence-electron chi connectivity index (χ0n) is 12.4. The van der Waals surface area contributed by atoms with Crippen molar-refractivity contribution in [3.05, 3.63) is 39.9 Å². The maximum absolute atomic E-state index is 6.05. The van der Waals surface area contributed by atoms with E-state index in [1.807, 2.05) is 18.2 Å². The quantitative estimate of drug-likeness (QED) is 0.675. The van der Waals surface area contributed by atoms with Crippen LogP contribution < -0.4 is 0 Å². The summed E-state index contributed by atoms with van der Waals surface area (Å²) in [5.74, 6) is 0.990. The number of hydrogen-bond acceptors (Lipinski definition) is 1. The Labute approximate surface area is 137 Å². The summed E-state index contributed by atoms with van der Waals surface area (Å²) in [7, 11) is 0. The highest BCUT2D eigenvalue weighted by Gasteiger charge is 2.28. The van der Waals surface area contributed by atoms with Gasteiger partial charge in [-0.25, -0.2) is 0 Å². The Morgan fingerprint density at radius 2 is 1.95 bits per heavy atom. The lowest BCUT2D eigenvalue weighted by molar-refractivity contribution is 0.143. The molecule has 1 nitrogen and oxygen atoms in total. The van der Waals surface area contributed by atoms with Gasteiger partial charge in [-0.15, -0.1) is 0 Å². The molecule has 2 aliphatic rings. The molecular formula is C18H23Cl2N. The molecular weight excluding hydrogens is 301 g/mol. The van der Waals surface area contributed by atoms with Crippen LogP contribution in [0.2, 0.25) is 10.0 Å². The highest BCUT2D eigenvalue weighted by Crippen LogP contribution is 2.32. The average Bonchev–Trinajstić information content (AvgIpc) is 3.29. The van der Waals surface area contributed by atoms with Crippen LogP contribution in [0, 0.1) is 5.92 Å². The van der Waals surface area contributed by atoms with E-state index < -0.39 is 0 Å². The third kappa shape index (κ3) is 4.48. The second-order valence-corrected chi connectivity index (χ2v) is 7.21. The van der Waals surface area contributed by atoms with E-state index in [0.717, 1.165) is 23.9 Å². The highest BCUT2D eigenvalue weighted by atomic mass is 35.5. The Morgan fingerprint density at radius 1 is 1.10 bits per heavy atom. The standard InChI is InChI=1S/C18H23Cl2N/c19-17-10-9-14(12-18(17)20)4-3-6-16-5-1-2-11-21(16)13-15-7-8-15/h3-4,9-10,12,15-16H,1-2,5-8,11,13H2/b4-3+. The lowest BCUT2D eigenvalue weighted by Crippen LogP contribution is -2.40. The maximum atomic E-state index is 6.05. The minimum atomic E-state index is 0.622. The fourth-order valence-corrected chi connectivity index (χ4v) is 3.48. The molecule has 2 fully saturated rings. The SMILES string of the molecule is Clc1ccc(/C=C/CC2CCCCN2CC2CC2)cc1Cl. The van der Waals surface area contributed by atoms with Gasteiger partial charge in [-0.05, 0) is 62.3 Å². The van der Waals surface area contributed by atoms with E-state index in [9.17, 15) is 0 Å². The van der Waals surface area contributed by atoms with E-state index in [-0.39, 0.29) is 0 Å². The number of piperidine rings is 1. The number of nitrogens with zero attached hydrogens (tertiary/aromatic N) is 1. The van der Waals surface area contributed by atoms with Crippen molar-refractivity contribution in [3.8, 4) is 0 Å². The van der Waals surface area contributed by atoms with E-state index >= 15 is 0 Å². The van der Waals surface area contributed by atoms with Crippen molar-refractivity contribution in [2.45, 2.75) is 44.6 Å².